The first-order chi connectivity index (χ1) is 9.70. The SMILES string of the molecule is CI.COC(=O)C1(Cc2ccc(CN)cc2)CCCO1. The van der Waals surface area contributed by atoms with Crippen molar-refractivity contribution in [2.45, 2.75) is 31.4 Å². The zero-order chi connectivity index (χ0) is 15.0. The minimum Gasteiger partial charge on any atom is -0.467 e. The highest BCUT2D eigenvalue weighted by Crippen LogP contribution is 2.31. The van der Waals surface area contributed by atoms with Crippen LogP contribution < -0.4 is 5.73 Å². The van der Waals surface area contributed by atoms with Crippen molar-refractivity contribution in [1.29, 1.82) is 0 Å². The van der Waals surface area contributed by atoms with Crippen LogP contribution in [0.15, 0.2) is 24.3 Å². The van der Waals surface area contributed by atoms with Crippen LogP contribution in [0.2, 0.25) is 0 Å². The van der Waals surface area contributed by atoms with E-state index in [2.05, 4.69) is 22.6 Å². The lowest BCUT2D eigenvalue weighted by Crippen LogP contribution is -2.41. The quantitative estimate of drug-likeness (QED) is 0.487. The molecule has 112 valence electrons. The number of hydrogen-bond donors (Lipinski definition) is 1. The standard InChI is InChI=1S/C14H19NO3.CH3I/c1-17-13(16)14(7-2-8-18-14)9-11-3-5-12(10-15)6-4-11;1-2/h3-6H,2,7-10,15H2,1H3;1H3. The maximum atomic E-state index is 11.9. The van der Waals surface area contributed by atoms with Crippen molar-refractivity contribution in [2.24, 2.45) is 5.73 Å². The molecule has 1 unspecified atom stereocenters. The van der Waals surface area contributed by atoms with E-state index in [9.17, 15) is 4.79 Å². The molecule has 1 aliphatic rings. The second kappa shape index (κ2) is 8.59. The Kier molecular flexibility index (Phi) is 7.47. The van der Waals surface area contributed by atoms with Crippen molar-refractivity contribution < 1.29 is 14.3 Å². The lowest BCUT2D eigenvalue weighted by molar-refractivity contribution is -0.163. The van der Waals surface area contributed by atoms with Crippen LogP contribution >= 0.6 is 22.6 Å². The third-order valence-electron chi connectivity index (χ3n) is 3.41. The first-order valence-electron chi connectivity index (χ1n) is 6.58. The van der Waals surface area contributed by atoms with Gasteiger partial charge in [0, 0.05) is 19.6 Å². The van der Waals surface area contributed by atoms with Crippen LogP contribution in [0.25, 0.3) is 0 Å². The topological polar surface area (TPSA) is 61.5 Å². The molecule has 0 bridgehead atoms. The van der Waals surface area contributed by atoms with Crippen molar-refractivity contribution in [2.75, 3.05) is 18.6 Å². The molecule has 1 aliphatic heterocycles. The molecule has 4 nitrogen and oxygen atoms in total. The summed E-state index contributed by atoms with van der Waals surface area (Å²) in [5.74, 6) is -0.275. The first-order valence-corrected chi connectivity index (χ1v) is 8.74. The second-order valence-electron chi connectivity index (χ2n) is 4.64. The number of benzene rings is 1. The highest BCUT2D eigenvalue weighted by Gasteiger charge is 2.43. The van der Waals surface area contributed by atoms with Gasteiger partial charge in [-0.15, -0.1) is 0 Å². The Balaban J connectivity index is 0.000000956. The predicted octanol–water partition coefficient (Wildman–Crippen LogP) is 2.46. The minimum atomic E-state index is -0.793. The van der Waals surface area contributed by atoms with Gasteiger partial charge in [-0.1, -0.05) is 46.9 Å². The molecule has 20 heavy (non-hydrogen) atoms. The summed E-state index contributed by atoms with van der Waals surface area (Å²) in [6.45, 7) is 1.15. The molecule has 1 aromatic rings. The van der Waals surface area contributed by atoms with Gasteiger partial charge in [0.05, 0.1) is 7.11 Å². The molecule has 0 saturated carbocycles. The maximum Gasteiger partial charge on any atom is 0.338 e. The lowest BCUT2D eigenvalue weighted by Gasteiger charge is -2.25. The van der Waals surface area contributed by atoms with E-state index < -0.39 is 5.60 Å². The molecule has 1 heterocycles. The van der Waals surface area contributed by atoms with Gasteiger partial charge in [0.1, 0.15) is 0 Å². The smallest absolute Gasteiger partial charge is 0.338 e. The third-order valence-corrected chi connectivity index (χ3v) is 3.41. The number of nitrogens with two attached hydrogens (primary N) is 1. The highest BCUT2D eigenvalue weighted by atomic mass is 127. The van der Waals surface area contributed by atoms with Crippen LogP contribution in [0.4, 0.5) is 0 Å². The minimum absolute atomic E-state index is 0.275. The van der Waals surface area contributed by atoms with E-state index in [0.717, 1.165) is 24.0 Å². The second-order valence-corrected chi connectivity index (χ2v) is 4.64. The number of rotatable bonds is 4. The van der Waals surface area contributed by atoms with Crippen LogP contribution in [-0.2, 0) is 27.2 Å². The number of carbonyl (C=O) groups is 1. The first kappa shape index (κ1) is 17.4. The van der Waals surface area contributed by atoms with Gasteiger partial charge in [-0.2, -0.15) is 0 Å². The summed E-state index contributed by atoms with van der Waals surface area (Å²) >= 11 is 2.15. The number of ether oxygens (including phenoxy) is 2. The Hall–Kier alpha value is -0.660. The van der Waals surface area contributed by atoms with E-state index in [-0.39, 0.29) is 5.97 Å². The van der Waals surface area contributed by atoms with Gasteiger partial charge in [0.25, 0.3) is 0 Å². The van der Waals surface area contributed by atoms with Gasteiger partial charge in [0.2, 0.25) is 0 Å². The van der Waals surface area contributed by atoms with Gasteiger partial charge in [-0.05, 0) is 28.9 Å². The molecule has 5 heteroatoms. The molecule has 2 rings (SSSR count). The zero-order valence-electron chi connectivity index (χ0n) is 12.0. The van der Waals surface area contributed by atoms with E-state index in [0.29, 0.717) is 19.6 Å². The molecule has 0 amide bonds. The predicted molar refractivity (Wildman–Crippen MR) is 87.9 cm³/mol. The Labute approximate surface area is 134 Å². The summed E-state index contributed by atoms with van der Waals surface area (Å²) < 4.78 is 10.5. The largest absolute Gasteiger partial charge is 0.467 e. The molecular weight excluding hydrogens is 369 g/mol. The number of alkyl halides is 1. The van der Waals surface area contributed by atoms with Crippen LogP contribution in [-0.4, -0.2) is 30.2 Å². The number of esters is 1. The fourth-order valence-electron chi connectivity index (χ4n) is 2.38. The van der Waals surface area contributed by atoms with Gasteiger partial charge in [-0.3, -0.25) is 0 Å². The van der Waals surface area contributed by atoms with Crippen molar-refractivity contribution in [1.82, 2.24) is 0 Å². The summed E-state index contributed by atoms with van der Waals surface area (Å²) in [7, 11) is 1.41. The molecule has 1 saturated heterocycles. The third kappa shape index (κ3) is 4.17. The van der Waals surface area contributed by atoms with Gasteiger partial charge < -0.3 is 15.2 Å². The Morgan fingerprint density at radius 3 is 2.40 bits per heavy atom. The van der Waals surface area contributed by atoms with Crippen LogP contribution in [0.3, 0.4) is 0 Å². The van der Waals surface area contributed by atoms with Gasteiger partial charge >= 0.3 is 5.97 Å². The van der Waals surface area contributed by atoms with Crippen molar-refractivity contribution >= 4 is 28.6 Å². The van der Waals surface area contributed by atoms with Crippen LogP contribution in [0, 0.1) is 0 Å². The fourth-order valence-corrected chi connectivity index (χ4v) is 2.38. The van der Waals surface area contributed by atoms with E-state index in [1.807, 2.05) is 29.2 Å². The molecule has 0 spiro atoms. The molecule has 0 aromatic heterocycles. The Morgan fingerprint density at radius 2 is 1.95 bits per heavy atom. The number of methoxy groups -OCH3 is 1. The number of hydrogen-bond acceptors (Lipinski definition) is 4. The van der Waals surface area contributed by atoms with E-state index in [1.165, 1.54) is 7.11 Å². The van der Waals surface area contributed by atoms with Gasteiger partial charge in [-0.25, -0.2) is 4.79 Å². The maximum absolute atomic E-state index is 11.9. The summed E-state index contributed by atoms with van der Waals surface area (Å²) in [5, 5.41) is 0. The number of halogens is 1. The highest BCUT2D eigenvalue weighted by molar-refractivity contribution is 14.1. The molecule has 1 atom stereocenters. The fraction of sp³-hybridized carbons (Fsp3) is 0.533. The molecular formula is C15H22INO3. The van der Waals surface area contributed by atoms with Crippen molar-refractivity contribution in [3.63, 3.8) is 0 Å². The summed E-state index contributed by atoms with van der Waals surface area (Å²) in [4.78, 5) is 13.9. The van der Waals surface area contributed by atoms with Crippen molar-refractivity contribution in [3.8, 4) is 0 Å². The molecule has 1 fully saturated rings. The number of carbonyl (C=O) groups excluding carboxylic acids is 1. The van der Waals surface area contributed by atoms with Crippen molar-refractivity contribution in [3.05, 3.63) is 35.4 Å². The molecule has 0 aliphatic carbocycles. The lowest BCUT2D eigenvalue weighted by atomic mass is 9.91. The summed E-state index contributed by atoms with van der Waals surface area (Å²) in [5.41, 5.74) is 6.92. The molecule has 2 N–H and O–H groups in total. The molecule has 1 aromatic carbocycles. The van der Waals surface area contributed by atoms with E-state index in [4.69, 9.17) is 15.2 Å². The monoisotopic (exact) mass is 391 g/mol. The Morgan fingerprint density at radius 1 is 1.35 bits per heavy atom. The van der Waals surface area contributed by atoms with Crippen LogP contribution in [0.5, 0.6) is 0 Å². The van der Waals surface area contributed by atoms with Gasteiger partial charge in [0.15, 0.2) is 5.60 Å². The summed E-state index contributed by atoms with van der Waals surface area (Å²) in [6.07, 6.45) is 2.18. The zero-order valence-corrected chi connectivity index (χ0v) is 14.2. The van der Waals surface area contributed by atoms with E-state index in [1.54, 1.807) is 0 Å². The average Bonchev–Trinajstić information content (AvgIpc) is 2.99. The van der Waals surface area contributed by atoms with Crippen LogP contribution in [0.1, 0.15) is 24.0 Å². The average molecular weight is 391 g/mol. The Bertz CT molecular complexity index is 414. The molecule has 0 radical (unpaired) electrons. The summed E-state index contributed by atoms with van der Waals surface area (Å²) in [6, 6.07) is 7.95. The van der Waals surface area contributed by atoms with E-state index >= 15 is 0 Å². The normalized spacial score (nSPS) is 21.0.